The summed E-state index contributed by atoms with van der Waals surface area (Å²) in [7, 11) is 0. The maximum atomic E-state index is 12.7. The zero-order valence-electron chi connectivity index (χ0n) is 18.3. The highest BCUT2D eigenvalue weighted by molar-refractivity contribution is 6.17. The normalized spacial score (nSPS) is 10.2. The predicted molar refractivity (Wildman–Crippen MR) is 133 cm³/mol. The number of aryl methyl sites for hydroxylation is 1. The Hall–Kier alpha value is -4.37. The van der Waals surface area contributed by atoms with Crippen molar-refractivity contribution in [3.63, 3.8) is 0 Å². The molecular weight excluding hydrogens is 406 g/mol. The fourth-order valence-electron chi connectivity index (χ4n) is 3.66. The summed E-state index contributed by atoms with van der Waals surface area (Å²) in [6, 6.07) is 34.2. The van der Waals surface area contributed by atoms with Gasteiger partial charge in [-0.25, -0.2) is 0 Å². The lowest BCUT2D eigenvalue weighted by molar-refractivity contribution is 0.103. The van der Waals surface area contributed by atoms with E-state index in [0.717, 1.165) is 27.5 Å². The molecular formula is C30H23NO2. The van der Waals surface area contributed by atoms with E-state index in [0.29, 0.717) is 11.1 Å². The molecule has 3 nitrogen and oxygen atoms in total. The summed E-state index contributed by atoms with van der Waals surface area (Å²) in [6.45, 7) is 1.97. The molecule has 0 radical (unpaired) electrons. The third kappa shape index (κ3) is 5.10. The van der Waals surface area contributed by atoms with Crippen LogP contribution in [0, 0.1) is 6.92 Å². The van der Waals surface area contributed by atoms with Gasteiger partial charge in [-0.2, -0.15) is 0 Å². The summed E-state index contributed by atoms with van der Waals surface area (Å²) in [5.41, 5.74) is 3.94. The van der Waals surface area contributed by atoms with Crippen LogP contribution in [0.1, 0.15) is 37.4 Å². The summed E-state index contributed by atoms with van der Waals surface area (Å²) >= 11 is 0. The van der Waals surface area contributed by atoms with Gasteiger partial charge in [-0.15, -0.1) is 0 Å². The van der Waals surface area contributed by atoms with Crippen LogP contribution in [-0.2, 0) is 0 Å². The summed E-state index contributed by atoms with van der Waals surface area (Å²) in [4.78, 5) is 28.4. The van der Waals surface area contributed by atoms with Crippen LogP contribution < -0.4 is 0 Å². The minimum absolute atomic E-state index is 0.0352. The topological polar surface area (TPSA) is 47.0 Å². The van der Waals surface area contributed by atoms with Gasteiger partial charge in [0.05, 0.1) is 0 Å². The number of nitrogens with zero attached hydrogens (tertiary/aromatic N) is 1. The molecule has 3 heteroatoms. The largest absolute Gasteiger partial charge is 0.289 e. The van der Waals surface area contributed by atoms with Crippen molar-refractivity contribution in [1.82, 2.24) is 4.98 Å². The monoisotopic (exact) mass is 429 g/mol. The molecule has 1 aromatic heterocycles. The zero-order chi connectivity index (χ0) is 23.0. The van der Waals surface area contributed by atoms with E-state index in [2.05, 4.69) is 4.98 Å². The van der Waals surface area contributed by atoms with Crippen molar-refractivity contribution in [2.24, 2.45) is 0 Å². The van der Waals surface area contributed by atoms with Crippen LogP contribution >= 0.6 is 0 Å². The van der Waals surface area contributed by atoms with Gasteiger partial charge in [0, 0.05) is 34.6 Å². The standard InChI is InChI=1S/C18H14O.C12H9NO/c1-13-7-2-4-10-15(13)18(19)17-12-6-9-14-8-3-5-11-16(14)17;14-12(10-4-2-1-3-5-10)11-6-8-13-9-7-11/h2-12H,1H3;1-9H. The van der Waals surface area contributed by atoms with Crippen LogP contribution in [0.2, 0.25) is 0 Å². The molecule has 0 aliphatic heterocycles. The number of fused-ring (bicyclic) bond motifs is 1. The molecule has 0 spiro atoms. The molecule has 1 heterocycles. The number of benzene rings is 4. The average Bonchev–Trinajstić information content (AvgIpc) is 2.89. The van der Waals surface area contributed by atoms with Crippen molar-refractivity contribution in [1.29, 1.82) is 0 Å². The molecule has 4 aromatic carbocycles. The maximum Gasteiger partial charge on any atom is 0.193 e. The molecule has 0 fully saturated rings. The smallest absolute Gasteiger partial charge is 0.193 e. The number of aromatic nitrogens is 1. The Bertz CT molecular complexity index is 1350. The lowest BCUT2D eigenvalue weighted by atomic mass is 9.95. The molecule has 0 bridgehead atoms. The number of pyridine rings is 1. The minimum Gasteiger partial charge on any atom is -0.289 e. The molecule has 0 atom stereocenters. The quantitative estimate of drug-likeness (QED) is 0.299. The fraction of sp³-hybridized carbons (Fsp3) is 0.0333. The van der Waals surface area contributed by atoms with Crippen LogP contribution in [0.25, 0.3) is 10.8 Å². The predicted octanol–water partition coefficient (Wildman–Crippen LogP) is 6.69. The fourth-order valence-corrected chi connectivity index (χ4v) is 3.66. The van der Waals surface area contributed by atoms with Crippen molar-refractivity contribution in [3.8, 4) is 0 Å². The van der Waals surface area contributed by atoms with Crippen LogP contribution in [-0.4, -0.2) is 16.6 Å². The second-order valence-corrected chi connectivity index (χ2v) is 7.60. The van der Waals surface area contributed by atoms with Crippen molar-refractivity contribution in [2.75, 3.05) is 0 Å². The number of hydrogen-bond donors (Lipinski definition) is 0. The maximum absolute atomic E-state index is 12.7. The SMILES string of the molecule is Cc1ccccc1C(=O)c1cccc2ccccc12.O=C(c1ccccc1)c1ccncc1. The van der Waals surface area contributed by atoms with E-state index in [9.17, 15) is 9.59 Å². The van der Waals surface area contributed by atoms with E-state index in [1.54, 1.807) is 24.5 Å². The highest BCUT2D eigenvalue weighted by atomic mass is 16.1. The molecule has 0 N–H and O–H groups in total. The lowest BCUT2D eigenvalue weighted by Crippen LogP contribution is -2.04. The first-order chi connectivity index (χ1) is 16.1. The first-order valence-corrected chi connectivity index (χ1v) is 10.7. The highest BCUT2D eigenvalue weighted by Gasteiger charge is 2.13. The molecule has 0 aliphatic carbocycles. The van der Waals surface area contributed by atoms with E-state index in [1.807, 2.05) is 104 Å². The molecule has 160 valence electrons. The second kappa shape index (κ2) is 10.3. The molecule has 0 unspecified atom stereocenters. The van der Waals surface area contributed by atoms with Crippen LogP contribution in [0.15, 0.2) is 122 Å². The molecule has 0 aliphatic rings. The van der Waals surface area contributed by atoms with Crippen LogP contribution in [0.4, 0.5) is 0 Å². The van der Waals surface area contributed by atoms with E-state index >= 15 is 0 Å². The minimum atomic E-state index is 0.0352. The van der Waals surface area contributed by atoms with Gasteiger partial charge in [0.2, 0.25) is 0 Å². The van der Waals surface area contributed by atoms with E-state index in [-0.39, 0.29) is 11.6 Å². The van der Waals surface area contributed by atoms with Crippen molar-refractivity contribution in [3.05, 3.63) is 149 Å². The van der Waals surface area contributed by atoms with Gasteiger partial charge in [0.1, 0.15) is 0 Å². The third-order valence-corrected chi connectivity index (χ3v) is 5.40. The van der Waals surface area contributed by atoms with E-state index in [4.69, 9.17) is 0 Å². The lowest BCUT2D eigenvalue weighted by Gasteiger charge is -2.07. The van der Waals surface area contributed by atoms with Gasteiger partial charge in [-0.3, -0.25) is 14.6 Å². The first kappa shape index (κ1) is 21.8. The molecule has 33 heavy (non-hydrogen) atoms. The third-order valence-electron chi connectivity index (χ3n) is 5.40. The average molecular weight is 430 g/mol. The van der Waals surface area contributed by atoms with Gasteiger partial charge in [0.25, 0.3) is 0 Å². The van der Waals surface area contributed by atoms with Gasteiger partial charge in [0.15, 0.2) is 11.6 Å². The number of ketones is 2. The van der Waals surface area contributed by atoms with E-state index < -0.39 is 0 Å². The van der Waals surface area contributed by atoms with E-state index in [1.165, 1.54) is 0 Å². The Morgan fingerprint density at radius 1 is 0.545 bits per heavy atom. The van der Waals surface area contributed by atoms with Crippen molar-refractivity contribution < 1.29 is 9.59 Å². The number of carbonyl (C=O) groups excluding carboxylic acids is 2. The molecule has 0 saturated carbocycles. The number of rotatable bonds is 4. The summed E-state index contributed by atoms with van der Waals surface area (Å²) in [5, 5.41) is 2.11. The summed E-state index contributed by atoms with van der Waals surface area (Å²) < 4.78 is 0. The van der Waals surface area contributed by atoms with Gasteiger partial charge >= 0.3 is 0 Å². The van der Waals surface area contributed by atoms with Gasteiger partial charge in [-0.05, 0) is 35.4 Å². The number of carbonyl (C=O) groups is 2. The molecule has 0 saturated heterocycles. The Morgan fingerprint density at radius 2 is 1.12 bits per heavy atom. The Balaban J connectivity index is 0.000000165. The van der Waals surface area contributed by atoms with Crippen LogP contribution in [0.5, 0.6) is 0 Å². The Morgan fingerprint density at radius 3 is 1.88 bits per heavy atom. The Kier molecular flexibility index (Phi) is 6.81. The molecule has 5 aromatic rings. The summed E-state index contributed by atoms with van der Waals surface area (Å²) in [5.74, 6) is 0.128. The molecule has 5 rings (SSSR count). The summed E-state index contributed by atoms with van der Waals surface area (Å²) in [6.07, 6.45) is 3.24. The zero-order valence-corrected chi connectivity index (χ0v) is 18.3. The Labute approximate surface area is 193 Å². The number of hydrogen-bond acceptors (Lipinski definition) is 3. The first-order valence-electron chi connectivity index (χ1n) is 10.7. The second-order valence-electron chi connectivity index (χ2n) is 7.60. The van der Waals surface area contributed by atoms with Crippen molar-refractivity contribution in [2.45, 2.75) is 6.92 Å². The highest BCUT2D eigenvalue weighted by Crippen LogP contribution is 2.22. The van der Waals surface area contributed by atoms with Gasteiger partial charge in [-0.1, -0.05) is 97.1 Å². The van der Waals surface area contributed by atoms with Gasteiger partial charge < -0.3 is 0 Å². The van der Waals surface area contributed by atoms with Crippen molar-refractivity contribution >= 4 is 22.3 Å². The molecule has 0 amide bonds. The van der Waals surface area contributed by atoms with Crippen LogP contribution in [0.3, 0.4) is 0 Å².